The highest BCUT2D eigenvalue weighted by Crippen LogP contribution is 2.60. The van der Waals surface area contributed by atoms with Gasteiger partial charge < -0.3 is 15.7 Å². The van der Waals surface area contributed by atoms with E-state index in [0.29, 0.717) is 6.42 Å². The number of fused-ring (bicyclic) bond motifs is 4. The number of carboxylic acid groups (broad SMARTS) is 1. The molecule has 5 rings (SSSR count). The number of aliphatic carboxylic acids is 1. The van der Waals surface area contributed by atoms with E-state index < -0.39 is 60.1 Å². The van der Waals surface area contributed by atoms with Crippen molar-refractivity contribution in [1.82, 2.24) is 10.2 Å². The molecule has 4 atom stereocenters. The molecule has 3 N–H and O–H groups in total. The predicted molar refractivity (Wildman–Crippen MR) is 143 cm³/mol. The number of hydrogen-bond acceptors (Lipinski definition) is 4. The monoisotopic (exact) mass is 579 g/mol. The van der Waals surface area contributed by atoms with Crippen molar-refractivity contribution in [2.75, 3.05) is 18.4 Å². The Hall–Kier alpha value is -2.75. The molecule has 2 aromatic carbocycles. The van der Waals surface area contributed by atoms with Gasteiger partial charge in [0.25, 0.3) is 11.8 Å². The Morgan fingerprint density at radius 2 is 1.92 bits per heavy atom. The summed E-state index contributed by atoms with van der Waals surface area (Å²) in [6.07, 6.45) is -0.286. The van der Waals surface area contributed by atoms with E-state index in [4.69, 9.17) is 23.2 Å². The lowest BCUT2D eigenvalue weighted by atomic mass is 9.73. The number of carboxylic acids is 1. The Morgan fingerprint density at radius 3 is 2.59 bits per heavy atom. The number of nitrogens with one attached hydrogen (secondary N) is 2. The van der Waals surface area contributed by atoms with E-state index in [1.54, 1.807) is 0 Å². The molecule has 2 saturated heterocycles. The van der Waals surface area contributed by atoms with Gasteiger partial charge in [-0.1, -0.05) is 68.2 Å². The predicted octanol–water partition coefficient (Wildman–Crippen LogP) is 4.84. The standard InChI is InChI=1S/C28H29Cl2F2N3O4/c1-26(2,3)15-6-4-5-14(9-15)7-8-33-23(36)20-19-12-27(31,32)13-35(19)28(21(20)24(37)38)17-10-16(29)11-18(30)22(17)34-25(28)39/h4-6,9-11,19-21H,7-8,12-13H2,1-3H3,(H,33,36)(H,34,39)(H,37,38)/t19?,20?,21-,28?/m0/s1. The van der Waals surface area contributed by atoms with Crippen molar-refractivity contribution in [2.45, 2.75) is 56.5 Å². The van der Waals surface area contributed by atoms with Crippen LogP contribution in [0.15, 0.2) is 36.4 Å². The smallest absolute Gasteiger partial charge is 0.310 e. The number of amides is 2. The summed E-state index contributed by atoms with van der Waals surface area (Å²) in [6.45, 7) is 5.58. The van der Waals surface area contributed by atoms with Crippen LogP contribution in [0.2, 0.25) is 10.0 Å². The second-order valence-electron chi connectivity index (χ2n) is 11.6. The summed E-state index contributed by atoms with van der Waals surface area (Å²) >= 11 is 12.5. The minimum atomic E-state index is -3.22. The topological polar surface area (TPSA) is 98.7 Å². The van der Waals surface area contributed by atoms with Crippen LogP contribution in [0.3, 0.4) is 0 Å². The zero-order valence-corrected chi connectivity index (χ0v) is 23.2. The fraction of sp³-hybridized carbons (Fsp3) is 0.464. The Morgan fingerprint density at radius 1 is 1.21 bits per heavy atom. The van der Waals surface area contributed by atoms with Gasteiger partial charge in [-0.05, 0) is 35.1 Å². The van der Waals surface area contributed by atoms with Crippen molar-refractivity contribution < 1.29 is 28.3 Å². The summed E-state index contributed by atoms with van der Waals surface area (Å²) in [5, 5.41) is 15.9. The van der Waals surface area contributed by atoms with Crippen LogP contribution in [0.1, 0.15) is 43.9 Å². The molecule has 208 valence electrons. The van der Waals surface area contributed by atoms with Gasteiger partial charge in [-0.2, -0.15) is 0 Å². The van der Waals surface area contributed by atoms with Crippen LogP contribution >= 0.6 is 23.2 Å². The molecule has 0 saturated carbocycles. The average molecular weight is 580 g/mol. The van der Waals surface area contributed by atoms with Gasteiger partial charge in [-0.3, -0.25) is 19.3 Å². The molecule has 2 amide bonds. The minimum Gasteiger partial charge on any atom is -0.481 e. The Kier molecular flexibility index (Phi) is 6.72. The molecule has 7 nitrogen and oxygen atoms in total. The molecule has 3 unspecified atom stereocenters. The highest BCUT2D eigenvalue weighted by atomic mass is 35.5. The van der Waals surface area contributed by atoms with Crippen LogP contribution in [0.4, 0.5) is 14.5 Å². The van der Waals surface area contributed by atoms with Crippen molar-refractivity contribution in [3.8, 4) is 0 Å². The number of rotatable bonds is 5. The van der Waals surface area contributed by atoms with E-state index in [-0.39, 0.29) is 33.3 Å². The molecule has 3 aliphatic rings. The number of carbonyl (C=O) groups is 3. The third kappa shape index (κ3) is 4.48. The Labute approximate surface area is 234 Å². The molecule has 0 aliphatic carbocycles. The van der Waals surface area contributed by atoms with Gasteiger partial charge in [0, 0.05) is 29.6 Å². The summed E-state index contributed by atoms with van der Waals surface area (Å²) in [5.41, 5.74) is 0.182. The molecule has 1 spiro atoms. The maximum absolute atomic E-state index is 14.8. The zero-order valence-electron chi connectivity index (χ0n) is 21.7. The van der Waals surface area contributed by atoms with Gasteiger partial charge in [0.05, 0.1) is 23.2 Å². The van der Waals surface area contributed by atoms with Crippen LogP contribution < -0.4 is 10.6 Å². The maximum atomic E-state index is 14.8. The molecule has 3 heterocycles. The first-order chi connectivity index (χ1) is 18.2. The quantitative estimate of drug-likeness (QED) is 0.471. The molecule has 2 aromatic rings. The van der Waals surface area contributed by atoms with Crippen molar-refractivity contribution >= 4 is 46.7 Å². The first kappa shape index (κ1) is 27.8. The zero-order chi connectivity index (χ0) is 28.5. The highest BCUT2D eigenvalue weighted by molar-refractivity contribution is 6.38. The summed E-state index contributed by atoms with van der Waals surface area (Å²) in [5.74, 6) is -9.22. The van der Waals surface area contributed by atoms with E-state index >= 15 is 0 Å². The van der Waals surface area contributed by atoms with Gasteiger partial charge in [0.2, 0.25) is 5.91 Å². The van der Waals surface area contributed by atoms with Gasteiger partial charge in [0.15, 0.2) is 0 Å². The largest absolute Gasteiger partial charge is 0.481 e. The molecular formula is C28H29Cl2F2N3O4. The van der Waals surface area contributed by atoms with E-state index in [9.17, 15) is 28.3 Å². The lowest BCUT2D eigenvalue weighted by Crippen LogP contribution is -2.54. The number of benzene rings is 2. The van der Waals surface area contributed by atoms with Gasteiger partial charge >= 0.3 is 5.97 Å². The molecule has 2 fully saturated rings. The van der Waals surface area contributed by atoms with Crippen LogP contribution in [-0.4, -0.2) is 52.8 Å². The van der Waals surface area contributed by atoms with E-state index in [1.807, 2.05) is 24.3 Å². The van der Waals surface area contributed by atoms with Crippen LogP contribution in [0.25, 0.3) is 0 Å². The summed E-state index contributed by atoms with van der Waals surface area (Å²) < 4.78 is 29.7. The van der Waals surface area contributed by atoms with Crippen LogP contribution in [0.5, 0.6) is 0 Å². The van der Waals surface area contributed by atoms with Crippen molar-refractivity contribution in [3.05, 3.63) is 63.1 Å². The first-order valence-electron chi connectivity index (χ1n) is 12.7. The second kappa shape index (κ2) is 9.42. The highest BCUT2D eigenvalue weighted by Gasteiger charge is 2.74. The molecule has 11 heteroatoms. The number of carbonyl (C=O) groups excluding carboxylic acids is 2. The number of hydrogen-bond donors (Lipinski definition) is 3. The Balaban J connectivity index is 1.49. The molecule has 0 radical (unpaired) electrons. The summed E-state index contributed by atoms with van der Waals surface area (Å²) in [7, 11) is 0. The van der Waals surface area contributed by atoms with Crippen LogP contribution in [0, 0.1) is 11.8 Å². The van der Waals surface area contributed by atoms with E-state index in [0.717, 1.165) is 11.1 Å². The van der Waals surface area contributed by atoms with E-state index in [2.05, 4.69) is 31.4 Å². The average Bonchev–Trinajstić information content (AvgIpc) is 3.39. The third-order valence-corrected chi connectivity index (χ3v) is 8.63. The molecular weight excluding hydrogens is 551 g/mol. The Bertz CT molecular complexity index is 1380. The van der Waals surface area contributed by atoms with Crippen molar-refractivity contribution in [1.29, 1.82) is 0 Å². The molecule has 0 bridgehead atoms. The molecule has 0 aromatic heterocycles. The lowest BCUT2D eigenvalue weighted by molar-refractivity contribution is -0.153. The summed E-state index contributed by atoms with van der Waals surface area (Å²) in [4.78, 5) is 41.1. The maximum Gasteiger partial charge on any atom is 0.310 e. The van der Waals surface area contributed by atoms with Gasteiger partial charge in [-0.25, -0.2) is 8.78 Å². The minimum absolute atomic E-state index is 0.0553. The third-order valence-electron chi connectivity index (χ3n) is 8.11. The number of halogens is 4. The van der Waals surface area contributed by atoms with Crippen LogP contribution in [-0.2, 0) is 31.8 Å². The van der Waals surface area contributed by atoms with Gasteiger partial charge in [0.1, 0.15) is 11.5 Å². The lowest BCUT2D eigenvalue weighted by Gasteiger charge is -2.35. The number of nitrogens with zero attached hydrogens (tertiary/aromatic N) is 1. The SMILES string of the molecule is CC(C)(C)c1cccc(CCNC(=O)C2C3CC(F)(F)CN3C3(C(=O)Nc4c(Cl)cc(Cl)cc43)[C@@H]2C(=O)O)c1. The van der Waals surface area contributed by atoms with E-state index in [1.165, 1.54) is 17.0 Å². The number of anilines is 1. The number of alkyl halides is 2. The van der Waals surface area contributed by atoms with Crippen molar-refractivity contribution in [3.63, 3.8) is 0 Å². The van der Waals surface area contributed by atoms with Gasteiger partial charge in [-0.15, -0.1) is 0 Å². The molecule has 39 heavy (non-hydrogen) atoms. The normalized spacial score (nSPS) is 27.4. The fourth-order valence-corrected chi connectivity index (χ4v) is 6.98. The second-order valence-corrected chi connectivity index (χ2v) is 12.5. The first-order valence-corrected chi connectivity index (χ1v) is 13.5. The van der Waals surface area contributed by atoms with Crippen molar-refractivity contribution in [2.24, 2.45) is 11.8 Å². The fourth-order valence-electron chi connectivity index (χ4n) is 6.44. The summed E-state index contributed by atoms with van der Waals surface area (Å²) in [6, 6.07) is 9.49. The molecule has 3 aliphatic heterocycles.